The number of fused-ring (bicyclic) bond motifs is 1. The molecule has 0 atom stereocenters. The van der Waals surface area contributed by atoms with Crippen LogP contribution in [0.2, 0.25) is 5.02 Å². The average molecular weight is 265 g/mol. The average Bonchev–Trinajstić information content (AvgIpc) is 2.61. The molecule has 0 aliphatic rings. The number of nitrogens with one attached hydrogen (secondary N) is 1. The summed E-state index contributed by atoms with van der Waals surface area (Å²) in [5.41, 5.74) is 10.7. The van der Waals surface area contributed by atoms with E-state index in [0.717, 1.165) is 22.5 Å². The van der Waals surface area contributed by atoms with Gasteiger partial charge in [0, 0.05) is 16.1 Å². The van der Waals surface area contributed by atoms with Crippen molar-refractivity contribution in [3.8, 4) is 0 Å². The number of aryl methyl sites for hydroxylation is 2. The maximum absolute atomic E-state index is 6.18. The Balaban J connectivity index is 2.72. The Hall–Kier alpha value is -0.990. The molecule has 18 heavy (non-hydrogen) atoms. The van der Waals surface area contributed by atoms with E-state index in [1.54, 1.807) is 0 Å². The van der Waals surface area contributed by atoms with Crippen LogP contribution in [0, 0.1) is 13.8 Å². The van der Waals surface area contributed by atoms with Crippen LogP contribution in [0.1, 0.15) is 37.1 Å². The molecule has 0 fully saturated rings. The molecular formula is C15H21ClN2. The van der Waals surface area contributed by atoms with Crippen LogP contribution in [-0.4, -0.2) is 11.5 Å². The summed E-state index contributed by atoms with van der Waals surface area (Å²) in [6.07, 6.45) is 0.975. The van der Waals surface area contributed by atoms with Gasteiger partial charge in [-0.25, -0.2) is 0 Å². The third kappa shape index (κ3) is 2.04. The van der Waals surface area contributed by atoms with Gasteiger partial charge in [0.1, 0.15) is 0 Å². The van der Waals surface area contributed by atoms with Crippen molar-refractivity contribution in [2.45, 2.75) is 39.5 Å². The Kier molecular flexibility index (Phi) is 3.43. The first-order valence-corrected chi connectivity index (χ1v) is 6.74. The molecule has 0 bridgehead atoms. The summed E-state index contributed by atoms with van der Waals surface area (Å²) in [5, 5.41) is 2.08. The molecule has 1 heterocycles. The molecule has 0 aliphatic heterocycles. The van der Waals surface area contributed by atoms with Crippen molar-refractivity contribution in [2.75, 3.05) is 6.54 Å². The summed E-state index contributed by atoms with van der Waals surface area (Å²) >= 11 is 6.18. The standard InChI is InChI=1S/C15H21ClN2/c1-9-12(16)6-5-11-13(10(2)18-14(9)11)15(3,4)7-8-17/h5-6,18H,7-8,17H2,1-4H3. The van der Waals surface area contributed by atoms with Crippen molar-refractivity contribution < 1.29 is 0 Å². The highest BCUT2D eigenvalue weighted by Gasteiger charge is 2.26. The van der Waals surface area contributed by atoms with Gasteiger partial charge in [0.2, 0.25) is 0 Å². The number of aromatic nitrogens is 1. The second-order valence-electron chi connectivity index (χ2n) is 5.64. The van der Waals surface area contributed by atoms with E-state index >= 15 is 0 Å². The first kappa shape index (κ1) is 13.4. The summed E-state index contributed by atoms with van der Waals surface area (Å²) in [7, 11) is 0. The van der Waals surface area contributed by atoms with Crippen molar-refractivity contribution >= 4 is 22.5 Å². The molecule has 3 heteroatoms. The monoisotopic (exact) mass is 264 g/mol. The van der Waals surface area contributed by atoms with Gasteiger partial charge in [-0.05, 0) is 49.4 Å². The zero-order valence-electron chi connectivity index (χ0n) is 11.5. The van der Waals surface area contributed by atoms with Crippen LogP contribution in [0.3, 0.4) is 0 Å². The van der Waals surface area contributed by atoms with E-state index in [-0.39, 0.29) is 5.41 Å². The molecule has 3 N–H and O–H groups in total. The molecule has 2 aromatic rings. The Morgan fingerprint density at radius 1 is 1.28 bits per heavy atom. The van der Waals surface area contributed by atoms with E-state index < -0.39 is 0 Å². The Morgan fingerprint density at radius 2 is 1.94 bits per heavy atom. The summed E-state index contributed by atoms with van der Waals surface area (Å²) in [5.74, 6) is 0. The molecule has 0 unspecified atom stereocenters. The molecule has 1 aromatic carbocycles. The summed E-state index contributed by atoms with van der Waals surface area (Å²) in [4.78, 5) is 3.48. The topological polar surface area (TPSA) is 41.8 Å². The second kappa shape index (κ2) is 4.60. The first-order chi connectivity index (χ1) is 8.38. The predicted molar refractivity (Wildman–Crippen MR) is 79.5 cm³/mol. The van der Waals surface area contributed by atoms with E-state index in [2.05, 4.69) is 38.7 Å². The molecule has 0 amide bonds. The zero-order valence-corrected chi connectivity index (χ0v) is 12.3. The quantitative estimate of drug-likeness (QED) is 0.862. The highest BCUT2D eigenvalue weighted by Crippen LogP contribution is 2.37. The number of benzene rings is 1. The summed E-state index contributed by atoms with van der Waals surface area (Å²) < 4.78 is 0. The van der Waals surface area contributed by atoms with Gasteiger partial charge in [0.05, 0.1) is 5.52 Å². The number of halogens is 1. The van der Waals surface area contributed by atoms with E-state index in [0.29, 0.717) is 6.54 Å². The number of hydrogen-bond acceptors (Lipinski definition) is 1. The van der Waals surface area contributed by atoms with Crippen molar-refractivity contribution in [2.24, 2.45) is 5.73 Å². The first-order valence-electron chi connectivity index (χ1n) is 6.36. The zero-order chi connectivity index (χ0) is 13.5. The fourth-order valence-corrected chi connectivity index (χ4v) is 3.02. The van der Waals surface area contributed by atoms with Crippen LogP contribution >= 0.6 is 11.6 Å². The number of nitrogens with two attached hydrogens (primary N) is 1. The largest absolute Gasteiger partial charge is 0.358 e. The van der Waals surface area contributed by atoms with Gasteiger partial charge in [-0.2, -0.15) is 0 Å². The van der Waals surface area contributed by atoms with Gasteiger partial charge in [0.25, 0.3) is 0 Å². The second-order valence-corrected chi connectivity index (χ2v) is 6.05. The molecular weight excluding hydrogens is 244 g/mol. The number of H-pyrrole nitrogens is 1. The third-order valence-electron chi connectivity index (χ3n) is 3.80. The minimum atomic E-state index is 0.0807. The van der Waals surface area contributed by atoms with Crippen LogP contribution in [0.15, 0.2) is 12.1 Å². The molecule has 98 valence electrons. The van der Waals surface area contributed by atoms with Gasteiger partial charge in [-0.3, -0.25) is 0 Å². The van der Waals surface area contributed by atoms with E-state index in [1.807, 2.05) is 6.07 Å². The highest BCUT2D eigenvalue weighted by molar-refractivity contribution is 6.32. The summed E-state index contributed by atoms with van der Waals surface area (Å²) in [6.45, 7) is 9.38. The van der Waals surface area contributed by atoms with Crippen molar-refractivity contribution in [1.29, 1.82) is 0 Å². The van der Waals surface area contributed by atoms with Gasteiger partial charge < -0.3 is 10.7 Å². The Labute approximate surface area is 114 Å². The van der Waals surface area contributed by atoms with Gasteiger partial charge in [-0.1, -0.05) is 31.5 Å². The third-order valence-corrected chi connectivity index (χ3v) is 4.21. The number of aromatic amines is 1. The van der Waals surface area contributed by atoms with Gasteiger partial charge in [-0.15, -0.1) is 0 Å². The lowest BCUT2D eigenvalue weighted by Crippen LogP contribution is -2.22. The van der Waals surface area contributed by atoms with Crippen LogP contribution in [-0.2, 0) is 5.41 Å². The highest BCUT2D eigenvalue weighted by atomic mass is 35.5. The van der Waals surface area contributed by atoms with Crippen molar-refractivity contribution in [3.05, 3.63) is 34.0 Å². The fraction of sp³-hybridized carbons (Fsp3) is 0.467. The van der Waals surface area contributed by atoms with Gasteiger partial charge >= 0.3 is 0 Å². The van der Waals surface area contributed by atoms with Crippen LogP contribution in [0.4, 0.5) is 0 Å². The lowest BCUT2D eigenvalue weighted by atomic mass is 9.80. The molecule has 0 radical (unpaired) electrons. The molecule has 0 saturated carbocycles. The van der Waals surface area contributed by atoms with Crippen molar-refractivity contribution in [1.82, 2.24) is 4.98 Å². The minimum Gasteiger partial charge on any atom is -0.358 e. The van der Waals surface area contributed by atoms with Crippen LogP contribution in [0.25, 0.3) is 10.9 Å². The lowest BCUT2D eigenvalue weighted by molar-refractivity contribution is 0.489. The predicted octanol–water partition coefficient (Wildman–Crippen LogP) is 4.06. The fourth-order valence-electron chi connectivity index (χ4n) is 2.87. The molecule has 0 aliphatic carbocycles. The van der Waals surface area contributed by atoms with E-state index in [9.17, 15) is 0 Å². The molecule has 0 spiro atoms. The summed E-state index contributed by atoms with van der Waals surface area (Å²) in [6, 6.07) is 4.09. The molecule has 2 rings (SSSR count). The van der Waals surface area contributed by atoms with Crippen LogP contribution in [0.5, 0.6) is 0 Å². The maximum Gasteiger partial charge on any atom is 0.0503 e. The molecule has 0 saturated heterocycles. The normalized spacial score (nSPS) is 12.3. The minimum absolute atomic E-state index is 0.0807. The molecule has 2 nitrogen and oxygen atoms in total. The Bertz CT molecular complexity index is 582. The maximum atomic E-state index is 6.18. The van der Waals surface area contributed by atoms with Crippen LogP contribution < -0.4 is 5.73 Å². The van der Waals surface area contributed by atoms with Crippen molar-refractivity contribution in [3.63, 3.8) is 0 Å². The SMILES string of the molecule is Cc1[nH]c2c(C)c(Cl)ccc2c1C(C)(C)CCN. The van der Waals surface area contributed by atoms with E-state index in [1.165, 1.54) is 16.6 Å². The smallest absolute Gasteiger partial charge is 0.0503 e. The van der Waals surface area contributed by atoms with E-state index in [4.69, 9.17) is 17.3 Å². The van der Waals surface area contributed by atoms with Gasteiger partial charge in [0.15, 0.2) is 0 Å². The lowest BCUT2D eigenvalue weighted by Gasteiger charge is -2.25. The molecule has 1 aromatic heterocycles. The number of rotatable bonds is 3. The Morgan fingerprint density at radius 3 is 2.56 bits per heavy atom. The number of hydrogen-bond donors (Lipinski definition) is 2.